The summed E-state index contributed by atoms with van der Waals surface area (Å²) in [6.07, 6.45) is 3.91. The van der Waals surface area contributed by atoms with E-state index in [1.165, 1.54) is 16.7 Å². The molecule has 0 heterocycles. The Labute approximate surface area is 193 Å². The van der Waals surface area contributed by atoms with Gasteiger partial charge in [-0.05, 0) is 67.7 Å². The van der Waals surface area contributed by atoms with E-state index in [1.807, 2.05) is 13.0 Å². The van der Waals surface area contributed by atoms with Crippen LogP contribution in [0.25, 0.3) is 11.1 Å². The van der Waals surface area contributed by atoms with Gasteiger partial charge in [0.1, 0.15) is 0 Å². The molecular weight excluding hydrogens is 398 g/mol. The van der Waals surface area contributed by atoms with Gasteiger partial charge in [-0.25, -0.2) is 0 Å². The molecule has 1 amide bonds. The number of hydrogen-bond donors (Lipinski definition) is 1. The van der Waals surface area contributed by atoms with Gasteiger partial charge in [0.05, 0.1) is 12.4 Å². The molecule has 2 N–H and O–H groups in total. The average Bonchev–Trinajstić information content (AvgIpc) is 2.79. The molecule has 0 saturated heterocycles. The summed E-state index contributed by atoms with van der Waals surface area (Å²) >= 11 is 0. The lowest BCUT2D eigenvalue weighted by Gasteiger charge is -2.23. The Hall–Kier alpha value is -3.14. The smallest absolute Gasteiger partial charge is 0.204 e. The first-order chi connectivity index (χ1) is 15.3. The fourth-order valence-electron chi connectivity index (χ4n) is 3.61. The number of Topliss-reactive ketones (excluding diaryl/α,β-unsaturated/α-hetero) is 1. The van der Waals surface area contributed by atoms with Gasteiger partial charge < -0.3 is 10.5 Å². The first-order valence-corrected chi connectivity index (χ1v) is 11.1. The van der Waals surface area contributed by atoms with Crippen molar-refractivity contribution in [3.8, 4) is 11.1 Å². The average molecular weight is 436 g/mol. The molecule has 0 spiro atoms. The summed E-state index contributed by atoms with van der Waals surface area (Å²) in [4.78, 5) is 20.2. The molecule has 2 rings (SSSR count). The Morgan fingerprint density at radius 2 is 1.62 bits per heavy atom. The van der Waals surface area contributed by atoms with E-state index in [0.717, 1.165) is 31.4 Å². The quantitative estimate of drug-likeness (QED) is 0.248. The van der Waals surface area contributed by atoms with Crippen molar-refractivity contribution in [2.45, 2.75) is 46.5 Å². The zero-order valence-corrected chi connectivity index (χ0v) is 19.7. The predicted molar refractivity (Wildman–Crippen MR) is 133 cm³/mol. The second-order valence-corrected chi connectivity index (χ2v) is 8.00. The van der Waals surface area contributed by atoms with Crippen LogP contribution in [0.3, 0.4) is 0 Å². The summed E-state index contributed by atoms with van der Waals surface area (Å²) in [6, 6.07) is 19.3. The molecule has 0 aliphatic heterocycles. The van der Waals surface area contributed by atoms with Crippen molar-refractivity contribution in [1.29, 1.82) is 0 Å². The van der Waals surface area contributed by atoms with Gasteiger partial charge in [0.2, 0.25) is 6.41 Å². The van der Waals surface area contributed by atoms with E-state index in [1.54, 1.807) is 6.92 Å². The van der Waals surface area contributed by atoms with Crippen molar-refractivity contribution in [3.05, 3.63) is 84.7 Å². The summed E-state index contributed by atoms with van der Waals surface area (Å²) in [5.41, 5.74) is 8.66. The van der Waals surface area contributed by atoms with Crippen LogP contribution in [-0.4, -0.2) is 18.8 Å². The van der Waals surface area contributed by atoms with Gasteiger partial charge in [-0.1, -0.05) is 74.7 Å². The van der Waals surface area contributed by atoms with Gasteiger partial charge in [0.25, 0.3) is 0 Å². The minimum Gasteiger partial charge on any atom is -0.499 e. The van der Waals surface area contributed by atoms with Crippen LogP contribution in [0.2, 0.25) is 0 Å². The zero-order chi connectivity index (χ0) is 23.9. The molecule has 0 aliphatic rings. The van der Waals surface area contributed by atoms with E-state index in [-0.39, 0.29) is 18.1 Å². The highest BCUT2D eigenvalue weighted by molar-refractivity contribution is 5.92. The van der Waals surface area contributed by atoms with Crippen LogP contribution in [0.15, 0.2) is 79.1 Å². The number of rotatable bonds is 12. The van der Waals surface area contributed by atoms with E-state index in [0.29, 0.717) is 18.1 Å². The van der Waals surface area contributed by atoms with Gasteiger partial charge >= 0.3 is 0 Å². The summed E-state index contributed by atoms with van der Waals surface area (Å²) in [6.45, 7) is 14.4. The number of benzene rings is 2. The number of ketones is 1. The molecule has 4 heteroatoms. The van der Waals surface area contributed by atoms with Crippen LogP contribution in [0.1, 0.15) is 45.6 Å². The maximum absolute atomic E-state index is 11.6. The first kappa shape index (κ1) is 26.9. The number of hydrogen-bond acceptors (Lipinski definition) is 3. The largest absolute Gasteiger partial charge is 0.499 e. The van der Waals surface area contributed by atoms with Gasteiger partial charge in [-0.3, -0.25) is 9.59 Å². The Morgan fingerprint density at radius 3 is 2.16 bits per heavy atom. The summed E-state index contributed by atoms with van der Waals surface area (Å²) in [5, 5.41) is 0. The number of nitrogens with two attached hydrogens (primary N) is 1. The van der Waals surface area contributed by atoms with Crippen molar-refractivity contribution in [2.24, 2.45) is 17.6 Å². The molecule has 2 aromatic carbocycles. The minimum atomic E-state index is 0.0859. The first-order valence-electron chi connectivity index (χ1n) is 11.1. The maximum atomic E-state index is 11.6. The molecule has 2 aromatic rings. The lowest BCUT2D eigenvalue weighted by atomic mass is 9.85. The molecule has 0 fully saturated rings. The number of ether oxygens (including phenoxy) is 1. The fourth-order valence-corrected chi connectivity index (χ4v) is 3.61. The molecule has 0 bridgehead atoms. The van der Waals surface area contributed by atoms with Crippen LogP contribution in [-0.2, 0) is 20.7 Å². The molecule has 0 radical (unpaired) electrons. The standard InChI is InChI=1S/C27H34O2.CH3NO/c1-6-29-23(5)21(3)18-25(13-12-20(2)22(4)28)19-24-14-16-27(17-15-24)26-10-8-7-9-11-26;2-1-3/h7-11,14-17,21,25H,2,5-6,12-13,18-19H2,1,3-4H3;1H,(H2,2,3)/t21-,25?;/m1./s1. The predicted octanol–water partition coefficient (Wildman–Crippen LogP) is 6.12. The van der Waals surface area contributed by atoms with Crippen LogP contribution in [0.5, 0.6) is 0 Å². The van der Waals surface area contributed by atoms with Crippen molar-refractivity contribution in [1.82, 2.24) is 0 Å². The third kappa shape index (κ3) is 9.78. The SMILES string of the molecule is C=C(CCC(Cc1ccc(-c2ccccc2)cc1)C[C@@H](C)C(=C)OCC)C(C)=O.NC=O. The van der Waals surface area contributed by atoms with Crippen LogP contribution in [0, 0.1) is 11.8 Å². The highest BCUT2D eigenvalue weighted by Gasteiger charge is 2.18. The maximum Gasteiger partial charge on any atom is 0.204 e. The molecule has 4 nitrogen and oxygen atoms in total. The lowest BCUT2D eigenvalue weighted by molar-refractivity contribution is -0.113. The monoisotopic (exact) mass is 435 g/mol. The number of carbonyl (C=O) groups excluding carboxylic acids is 2. The second kappa shape index (κ2) is 14.8. The Morgan fingerprint density at radius 1 is 1.06 bits per heavy atom. The van der Waals surface area contributed by atoms with E-state index in [2.05, 4.69) is 74.3 Å². The fraction of sp³-hybridized carbons (Fsp3) is 0.357. The third-order valence-electron chi connectivity index (χ3n) is 5.50. The topological polar surface area (TPSA) is 69.4 Å². The van der Waals surface area contributed by atoms with Gasteiger partial charge in [-0.2, -0.15) is 0 Å². The van der Waals surface area contributed by atoms with Gasteiger partial charge in [-0.15, -0.1) is 0 Å². The number of primary amides is 1. The molecule has 32 heavy (non-hydrogen) atoms. The summed E-state index contributed by atoms with van der Waals surface area (Å²) < 4.78 is 5.62. The molecule has 172 valence electrons. The van der Waals surface area contributed by atoms with Crippen molar-refractivity contribution in [2.75, 3.05) is 6.61 Å². The summed E-state index contributed by atoms with van der Waals surface area (Å²) in [5.74, 6) is 1.67. The van der Waals surface area contributed by atoms with E-state index >= 15 is 0 Å². The highest BCUT2D eigenvalue weighted by Crippen LogP contribution is 2.28. The molecule has 1 unspecified atom stereocenters. The Kier molecular flexibility index (Phi) is 12.4. The number of amides is 1. The number of carbonyl (C=O) groups is 2. The second-order valence-electron chi connectivity index (χ2n) is 8.00. The van der Waals surface area contributed by atoms with Crippen LogP contribution < -0.4 is 5.73 Å². The molecule has 0 aliphatic carbocycles. The van der Waals surface area contributed by atoms with Crippen molar-refractivity contribution < 1.29 is 14.3 Å². The molecular formula is C28H37NO3. The third-order valence-corrected chi connectivity index (χ3v) is 5.50. The highest BCUT2D eigenvalue weighted by atomic mass is 16.5. The number of allylic oxidation sites excluding steroid dienone is 2. The van der Waals surface area contributed by atoms with Crippen molar-refractivity contribution in [3.63, 3.8) is 0 Å². The molecule has 0 aromatic heterocycles. The lowest BCUT2D eigenvalue weighted by Crippen LogP contribution is -2.13. The molecule has 2 atom stereocenters. The van der Waals surface area contributed by atoms with E-state index in [4.69, 9.17) is 9.53 Å². The minimum absolute atomic E-state index is 0.0859. The zero-order valence-electron chi connectivity index (χ0n) is 19.7. The Balaban J connectivity index is 0.00000161. The summed E-state index contributed by atoms with van der Waals surface area (Å²) in [7, 11) is 0. The van der Waals surface area contributed by atoms with Gasteiger partial charge in [0, 0.05) is 5.92 Å². The van der Waals surface area contributed by atoms with Crippen LogP contribution in [0.4, 0.5) is 0 Å². The van der Waals surface area contributed by atoms with Gasteiger partial charge in [0.15, 0.2) is 5.78 Å². The van der Waals surface area contributed by atoms with E-state index in [9.17, 15) is 4.79 Å². The van der Waals surface area contributed by atoms with E-state index < -0.39 is 0 Å². The van der Waals surface area contributed by atoms with Crippen molar-refractivity contribution >= 4 is 12.2 Å². The van der Waals surface area contributed by atoms with Crippen LogP contribution >= 0.6 is 0 Å². The molecule has 0 saturated carbocycles. The Bertz CT molecular complexity index is 856. The normalized spacial score (nSPS) is 12.0.